The Bertz CT molecular complexity index is 49.0. The molecule has 0 amide bonds. The Balaban J connectivity index is 0. The van der Waals surface area contributed by atoms with E-state index in [1.807, 2.05) is 6.92 Å². The average Bonchev–Trinajstić information content (AvgIpc) is 1.65. The van der Waals surface area contributed by atoms with Gasteiger partial charge in [0.1, 0.15) is 6.29 Å². The van der Waals surface area contributed by atoms with Crippen LogP contribution in [0.4, 0.5) is 0 Å². The van der Waals surface area contributed by atoms with Crippen LogP contribution in [-0.4, -0.2) is 29.0 Å². The smallest absolute Gasteiger partial charge is 0.187 e. The second kappa shape index (κ2) is 6.49. The highest BCUT2D eigenvalue weighted by molar-refractivity contribution is 6.27. The highest BCUT2D eigenvalue weighted by atomic mass is 35.5. The summed E-state index contributed by atoms with van der Waals surface area (Å²) in [4.78, 5) is 9.60. The molecule has 42 valence electrons. The van der Waals surface area contributed by atoms with Crippen LogP contribution >= 0.6 is 11.6 Å². The number of hydrogen-bond donors (Lipinski definition) is 0. The highest BCUT2D eigenvalue weighted by Gasteiger charge is 1.92. The summed E-state index contributed by atoms with van der Waals surface area (Å²) in [6.45, 7) is 1.87. The third-order valence-electron chi connectivity index (χ3n) is 0.538. The van der Waals surface area contributed by atoms with Crippen molar-refractivity contribution in [3.63, 3.8) is 0 Å². The molecule has 0 aromatic carbocycles. The molecule has 1 atom stereocenters. The van der Waals surface area contributed by atoms with E-state index in [0.29, 0.717) is 0 Å². The minimum atomic E-state index is -0.273. The number of hydrogen-bond acceptors (Lipinski definition) is 1. The minimum absolute atomic E-state index is 0. The lowest BCUT2D eigenvalue weighted by atomic mass is 10.4. The molecule has 0 rings (SSSR count). The lowest BCUT2D eigenvalue weighted by molar-refractivity contribution is -0.107. The van der Waals surface area contributed by atoms with Gasteiger partial charge in [0.05, 0.1) is 5.38 Å². The topological polar surface area (TPSA) is 17.1 Å². The molecule has 0 radical (unpaired) electrons. The zero-order chi connectivity index (χ0) is 4.99. The van der Waals surface area contributed by atoms with E-state index in [1.54, 1.807) is 0 Å². The molecular formula is C4H10AlClO. The number of rotatable bonds is 2. The van der Waals surface area contributed by atoms with Crippen LogP contribution in [0.3, 0.4) is 0 Å². The molecule has 0 aromatic heterocycles. The maximum atomic E-state index is 9.60. The van der Waals surface area contributed by atoms with Gasteiger partial charge >= 0.3 is 0 Å². The van der Waals surface area contributed by atoms with E-state index in [2.05, 4.69) is 0 Å². The van der Waals surface area contributed by atoms with Gasteiger partial charge < -0.3 is 4.79 Å². The first-order valence-electron chi connectivity index (χ1n) is 1.90. The highest BCUT2D eigenvalue weighted by Crippen LogP contribution is 1.93. The van der Waals surface area contributed by atoms with Crippen molar-refractivity contribution in [1.29, 1.82) is 0 Å². The van der Waals surface area contributed by atoms with Gasteiger partial charge in [-0.15, -0.1) is 11.6 Å². The van der Waals surface area contributed by atoms with Gasteiger partial charge in [-0.2, -0.15) is 0 Å². The fraction of sp³-hybridized carbons (Fsp3) is 0.750. The van der Waals surface area contributed by atoms with E-state index in [9.17, 15) is 4.79 Å². The number of carbonyl (C=O) groups is 1. The van der Waals surface area contributed by atoms with E-state index >= 15 is 0 Å². The van der Waals surface area contributed by atoms with E-state index < -0.39 is 0 Å². The molecule has 0 fully saturated rings. The van der Waals surface area contributed by atoms with Crippen LogP contribution in [0.2, 0.25) is 0 Å². The Morgan fingerprint density at radius 2 is 2.29 bits per heavy atom. The monoisotopic (exact) mass is 136 g/mol. The number of aldehydes is 1. The van der Waals surface area contributed by atoms with Gasteiger partial charge in [-0.1, -0.05) is 6.92 Å². The Morgan fingerprint density at radius 3 is 2.29 bits per heavy atom. The van der Waals surface area contributed by atoms with Gasteiger partial charge in [0, 0.05) is 0 Å². The molecule has 1 nitrogen and oxygen atoms in total. The van der Waals surface area contributed by atoms with Crippen molar-refractivity contribution in [2.24, 2.45) is 0 Å². The lowest BCUT2D eigenvalue weighted by Gasteiger charge is -1.86. The quantitative estimate of drug-likeness (QED) is 0.297. The number of alkyl halides is 1. The predicted molar refractivity (Wildman–Crippen MR) is 35.9 cm³/mol. The van der Waals surface area contributed by atoms with Crippen molar-refractivity contribution in [2.75, 3.05) is 0 Å². The molecule has 0 saturated heterocycles. The second-order valence-corrected chi connectivity index (χ2v) is 1.62. The summed E-state index contributed by atoms with van der Waals surface area (Å²) in [7, 11) is 0. The molecule has 0 aliphatic rings. The van der Waals surface area contributed by atoms with Gasteiger partial charge in [0.2, 0.25) is 0 Å². The largest absolute Gasteiger partial charge is 0.302 e. The maximum Gasteiger partial charge on any atom is 0.187 e. The molecule has 0 heterocycles. The molecule has 0 aliphatic heterocycles. The van der Waals surface area contributed by atoms with Crippen LogP contribution in [0.1, 0.15) is 13.3 Å². The minimum Gasteiger partial charge on any atom is -0.302 e. The van der Waals surface area contributed by atoms with Crippen LogP contribution in [0.15, 0.2) is 0 Å². The molecule has 0 spiro atoms. The molecule has 0 aliphatic carbocycles. The summed E-state index contributed by atoms with van der Waals surface area (Å²) < 4.78 is 0. The van der Waals surface area contributed by atoms with Gasteiger partial charge in [-0.05, 0) is 6.42 Å². The van der Waals surface area contributed by atoms with E-state index in [4.69, 9.17) is 11.6 Å². The van der Waals surface area contributed by atoms with Gasteiger partial charge in [-0.25, -0.2) is 0 Å². The zero-order valence-electron chi connectivity index (χ0n) is 3.65. The third kappa shape index (κ3) is 6.49. The van der Waals surface area contributed by atoms with Gasteiger partial charge in [-0.3, -0.25) is 0 Å². The van der Waals surface area contributed by atoms with Crippen molar-refractivity contribution in [2.45, 2.75) is 18.7 Å². The molecular weight excluding hydrogens is 126 g/mol. The standard InChI is InChI=1S/C4H7ClO.Al.3H/c1-2-4(5)3-6;;;;/h3-4H,2H2,1H3;;;;. The van der Waals surface area contributed by atoms with Gasteiger partial charge in [0.15, 0.2) is 17.4 Å². The van der Waals surface area contributed by atoms with Crippen molar-refractivity contribution in [1.82, 2.24) is 0 Å². The van der Waals surface area contributed by atoms with E-state index in [-0.39, 0.29) is 22.7 Å². The molecule has 0 N–H and O–H groups in total. The maximum absolute atomic E-state index is 9.60. The average molecular weight is 137 g/mol. The molecule has 0 bridgehead atoms. The Kier molecular flexibility index (Phi) is 9.71. The summed E-state index contributed by atoms with van der Waals surface area (Å²) in [5.41, 5.74) is 0. The second-order valence-electron chi connectivity index (χ2n) is 1.06. The van der Waals surface area contributed by atoms with E-state index in [0.717, 1.165) is 12.7 Å². The summed E-state index contributed by atoms with van der Waals surface area (Å²) in [5, 5.41) is -0.273. The predicted octanol–water partition coefficient (Wildman–Crippen LogP) is 0.0188. The van der Waals surface area contributed by atoms with Crippen LogP contribution < -0.4 is 0 Å². The van der Waals surface area contributed by atoms with Crippen molar-refractivity contribution < 1.29 is 4.79 Å². The first kappa shape index (κ1) is 10.5. The lowest BCUT2D eigenvalue weighted by Crippen LogP contribution is -1.94. The van der Waals surface area contributed by atoms with Crippen molar-refractivity contribution in [3.8, 4) is 0 Å². The first-order chi connectivity index (χ1) is 2.81. The van der Waals surface area contributed by atoms with Gasteiger partial charge in [0.25, 0.3) is 0 Å². The normalized spacial score (nSPS) is 11.7. The van der Waals surface area contributed by atoms with E-state index in [1.165, 1.54) is 0 Å². The summed E-state index contributed by atoms with van der Waals surface area (Å²) in [5.74, 6) is 0. The SMILES string of the molecule is CCC(Cl)C=O.[AlH3]. The molecule has 0 saturated carbocycles. The van der Waals surface area contributed by atoms with Crippen molar-refractivity contribution >= 4 is 35.2 Å². The third-order valence-corrected chi connectivity index (χ3v) is 0.949. The Morgan fingerprint density at radius 1 is 1.86 bits per heavy atom. The van der Waals surface area contributed by atoms with Crippen LogP contribution in [0.25, 0.3) is 0 Å². The zero-order valence-corrected chi connectivity index (χ0v) is 4.40. The number of halogens is 1. The fourth-order valence-electron chi connectivity index (χ4n) is 0.0962. The summed E-state index contributed by atoms with van der Waals surface area (Å²) in [6.07, 6.45) is 1.46. The Labute approximate surface area is 59.2 Å². The fourth-order valence-corrected chi connectivity index (χ4v) is 0.0962. The number of carbonyl (C=O) groups excluding carboxylic acids is 1. The Hall–Kier alpha value is 0.492. The summed E-state index contributed by atoms with van der Waals surface area (Å²) in [6, 6.07) is 0. The van der Waals surface area contributed by atoms with Crippen LogP contribution in [-0.2, 0) is 4.79 Å². The van der Waals surface area contributed by atoms with Crippen LogP contribution in [0.5, 0.6) is 0 Å². The van der Waals surface area contributed by atoms with Crippen LogP contribution in [0, 0.1) is 0 Å². The molecule has 1 unspecified atom stereocenters. The molecule has 3 heteroatoms. The van der Waals surface area contributed by atoms with Crippen molar-refractivity contribution in [3.05, 3.63) is 0 Å². The first-order valence-corrected chi connectivity index (χ1v) is 2.34. The summed E-state index contributed by atoms with van der Waals surface area (Å²) >= 11 is 5.28. The molecule has 0 aromatic rings. The molecule has 7 heavy (non-hydrogen) atoms.